The number of aliphatic hydroxyl groups is 1. The number of hydrogen-bond donors (Lipinski definition) is 1. The van der Waals surface area contributed by atoms with Crippen molar-refractivity contribution in [2.24, 2.45) is 0 Å². The summed E-state index contributed by atoms with van der Waals surface area (Å²) >= 11 is 2.07. The fraction of sp³-hybridized carbons (Fsp3) is 1.00. The Balaban J connectivity index is 2.82. The number of alkyl halides is 1. The Bertz CT molecular complexity index is 83.9. The minimum atomic E-state index is -0.127. The number of rotatable bonds is 8. The van der Waals surface area contributed by atoms with Crippen LogP contribution in [0.15, 0.2) is 0 Å². The van der Waals surface area contributed by atoms with E-state index in [0.29, 0.717) is 0 Å². The SMILES string of the molecule is CCCCCCCCCC(O)I. The highest BCUT2D eigenvalue weighted by Crippen LogP contribution is 2.11. The maximum Gasteiger partial charge on any atom is 0.105 e. The molecule has 1 nitrogen and oxygen atoms in total. The summed E-state index contributed by atoms with van der Waals surface area (Å²) in [6.07, 6.45) is 10.3. The van der Waals surface area contributed by atoms with Crippen LogP contribution in [0.3, 0.4) is 0 Å². The van der Waals surface area contributed by atoms with Gasteiger partial charge in [-0.1, -0.05) is 74.5 Å². The molecule has 0 radical (unpaired) electrons. The summed E-state index contributed by atoms with van der Waals surface area (Å²) in [5.74, 6) is 0. The van der Waals surface area contributed by atoms with E-state index in [-0.39, 0.29) is 4.11 Å². The average molecular weight is 284 g/mol. The molecule has 0 heterocycles. The minimum Gasteiger partial charge on any atom is -0.383 e. The van der Waals surface area contributed by atoms with E-state index in [2.05, 4.69) is 29.5 Å². The topological polar surface area (TPSA) is 20.2 Å². The van der Waals surface area contributed by atoms with E-state index in [9.17, 15) is 0 Å². The molecule has 74 valence electrons. The Hall–Kier alpha value is 0.690. The standard InChI is InChI=1S/C10H21IO/c1-2-3-4-5-6-7-8-9-10(11)12/h10,12H,2-9H2,1H3. The molecule has 0 aromatic carbocycles. The Kier molecular flexibility index (Phi) is 10.3. The van der Waals surface area contributed by atoms with Crippen LogP contribution in [-0.4, -0.2) is 9.22 Å². The minimum absolute atomic E-state index is 0.127. The number of halogens is 1. The van der Waals surface area contributed by atoms with Crippen molar-refractivity contribution in [3.63, 3.8) is 0 Å². The third-order valence-electron chi connectivity index (χ3n) is 2.05. The first-order valence-electron chi connectivity index (χ1n) is 5.09. The van der Waals surface area contributed by atoms with Crippen LogP contribution in [0.5, 0.6) is 0 Å². The van der Waals surface area contributed by atoms with Crippen LogP contribution in [0, 0.1) is 0 Å². The molecule has 0 rings (SSSR count). The van der Waals surface area contributed by atoms with Gasteiger partial charge in [-0.25, -0.2) is 0 Å². The summed E-state index contributed by atoms with van der Waals surface area (Å²) < 4.78 is -0.127. The first-order chi connectivity index (χ1) is 5.77. The summed E-state index contributed by atoms with van der Waals surface area (Å²) in [6.45, 7) is 2.24. The molecule has 2 heteroatoms. The van der Waals surface area contributed by atoms with Gasteiger partial charge in [0.05, 0.1) is 0 Å². The maximum atomic E-state index is 8.98. The van der Waals surface area contributed by atoms with Gasteiger partial charge in [-0.15, -0.1) is 0 Å². The van der Waals surface area contributed by atoms with E-state index < -0.39 is 0 Å². The number of hydrogen-bond acceptors (Lipinski definition) is 1. The summed E-state index contributed by atoms with van der Waals surface area (Å²) in [4.78, 5) is 0. The molecule has 0 bridgehead atoms. The highest BCUT2D eigenvalue weighted by Gasteiger charge is 1.96. The molecule has 0 aliphatic rings. The molecule has 0 aromatic rings. The predicted molar refractivity (Wildman–Crippen MR) is 62.6 cm³/mol. The Labute approximate surface area is 90.1 Å². The van der Waals surface area contributed by atoms with Gasteiger partial charge in [0.15, 0.2) is 0 Å². The van der Waals surface area contributed by atoms with Gasteiger partial charge in [0.25, 0.3) is 0 Å². The molecule has 0 aliphatic carbocycles. The lowest BCUT2D eigenvalue weighted by atomic mass is 10.1. The molecular formula is C10H21IO. The van der Waals surface area contributed by atoms with Crippen LogP contribution in [0.25, 0.3) is 0 Å². The largest absolute Gasteiger partial charge is 0.383 e. The molecule has 0 saturated heterocycles. The van der Waals surface area contributed by atoms with Crippen molar-refractivity contribution >= 4 is 22.6 Å². The predicted octanol–water partition coefficient (Wildman–Crippen LogP) is 3.88. The van der Waals surface area contributed by atoms with Gasteiger partial charge in [0, 0.05) is 0 Å². The molecule has 0 fully saturated rings. The lowest BCUT2D eigenvalue weighted by Gasteiger charge is -2.02. The van der Waals surface area contributed by atoms with E-state index in [1.807, 2.05) is 0 Å². The van der Waals surface area contributed by atoms with Crippen molar-refractivity contribution in [3.8, 4) is 0 Å². The highest BCUT2D eigenvalue weighted by molar-refractivity contribution is 14.1. The van der Waals surface area contributed by atoms with Crippen LogP contribution < -0.4 is 0 Å². The van der Waals surface area contributed by atoms with Gasteiger partial charge in [-0.3, -0.25) is 0 Å². The molecule has 12 heavy (non-hydrogen) atoms. The molecule has 0 saturated carbocycles. The molecular weight excluding hydrogens is 263 g/mol. The number of aliphatic hydroxyl groups excluding tert-OH is 1. The van der Waals surface area contributed by atoms with E-state index in [0.717, 1.165) is 6.42 Å². The van der Waals surface area contributed by atoms with E-state index in [1.54, 1.807) is 0 Å². The van der Waals surface area contributed by atoms with E-state index in [4.69, 9.17) is 5.11 Å². The van der Waals surface area contributed by atoms with Gasteiger partial charge >= 0.3 is 0 Å². The Morgan fingerprint density at radius 1 is 1.00 bits per heavy atom. The fourth-order valence-electron chi connectivity index (χ4n) is 1.27. The van der Waals surface area contributed by atoms with Gasteiger partial charge in [-0.05, 0) is 6.42 Å². The zero-order valence-corrected chi connectivity index (χ0v) is 10.2. The Morgan fingerprint density at radius 2 is 1.50 bits per heavy atom. The van der Waals surface area contributed by atoms with Crippen molar-refractivity contribution in [2.45, 2.75) is 62.4 Å². The zero-order valence-electron chi connectivity index (χ0n) is 8.06. The lowest BCUT2D eigenvalue weighted by molar-refractivity contribution is 0.263. The Morgan fingerprint density at radius 3 is 2.00 bits per heavy atom. The van der Waals surface area contributed by atoms with Gasteiger partial charge < -0.3 is 5.11 Å². The van der Waals surface area contributed by atoms with Crippen molar-refractivity contribution in [3.05, 3.63) is 0 Å². The second kappa shape index (κ2) is 9.78. The zero-order chi connectivity index (χ0) is 9.23. The average Bonchev–Trinajstić information content (AvgIpc) is 2.02. The third-order valence-corrected chi connectivity index (χ3v) is 2.67. The normalized spacial score (nSPS) is 13.2. The lowest BCUT2D eigenvalue weighted by Crippen LogP contribution is -1.93. The number of unbranched alkanes of at least 4 members (excludes halogenated alkanes) is 6. The van der Waals surface area contributed by atoms with E-state index in [1.165, 1.54) is 44.9 Å². The molecule has 1 atom stereocenters. The molecule has 0 aliphatic heterocycles. The van der Waals surface area contributed by atoms with Crippen LogP contribution in [0.1, 0.15) is 58.3 Å². The smallest absolute Gasteiger partial charge is 0.105 e. The van der Waals surface area contributed by atoms with Crippen molar-refractivity contribution in [1.29, 1.82) is 0 Å². The second-order valence-corrected chi connectivity index (χ2v) is 4.78. The second-order valence-electron chi connectivity index (χ2n) is 3.34. The highest BCUT2D eigenvalue weighted by atomic mass is 127. The summed E-state index contributed by atoms with van der Waals surface area (Å²) in [5, 5.41) is 8.98. The van der Waals surface area contributed by atoms with Crippen LogP contribution in [0.2, 0.25) is 0 Å². The van der Waals surface area contributed by atoms with Crippen LogP contribution in [0.4, 0.5) is 0 Å². The van der Waals surface area contributed by atoms with Crippen molar-refractivity contribution in [1.82, 2.24) is 0 Å². The summed E-state index contributed by atoms with van der Waals surface area (Å²) in [6, 6.07) is 0. The van der Waals surface area contributed by atoms with Gasteiger partial charge in [0.1, 0.15) is 4.11 Å². The van der Waals surface area contributed by atoms with Gasteiger partial charge in [-0.2, -0.15) is 0 Å². The molecule has 1 unspecified atom stereocenters. The van der Waals surface area contributed by atoms with Crippen molar-refractivity contribution < 1.29 is 5.11 Å². The monoisotopic (exact) mass is 284 g/mol. The fourth-order valence-corrected chi connectivity index (χ4v) is 1.71. The van der Waals surface area contributed by atoms with Gasteiger partial charge in [0.2, 0.25) is 0 Å². The molecule has 0 aromatic heterocycles. The summed E-state index contributed by atoms with van der Waals surface area (Å²) in [7, 11) is 0. The quantitative estimate of drug-likeness (QED) is 0.407. The first-order valence-corrected chi connectivity index (χ1v) is 6.34. The third kappa shape index (κ3) is 10.7. The first kappa shape index (κ1) is 12.7. The maximum absolute atomic E-state index is 8.98. The molecule has 0 spiro atoms. The summed E-state index contributed by atoms with van der Waals surface area (Å²) in [5.41, 5.74) is 0. The van der Waals surface area contributed by atoms with Crippen LogP contribution in [-0.2, 0) is 0 Å². The van der Waals surface area contributed by atoms with Crippen molar-refractivity contribution in [2.75, 3.05) is 0 Å². The molecule has 0 amide bonds. The van der Waals surface area contributed by atoms with E-state index >= 15 is 0 Å². The van der Waals surface area contributed by atoms with Crippen LogP contribution >= 0.6 is 22.6 Å². The molecule has 1 N–H and O–H groups in total.